The van der Waals surface area contributed by atoms with Crippen LogP contribution in [0.5, 0.6) is 0 Å². The van der Waals surface area contributed by atoms with Crippen LogP contribution in [0, 0.1) is 0 Å². The molecule has 4 heteroatoms. The number of benzene rings is 1. The molecule has 0 spiro atoms. The number of nitrogen functional groups attached to an aromatic ring is 1. The molecule has 4 nitrogen and oxygen atoms in total. The van der Waals surface area contributed by atoms with Crippen molar-refractivity contribution in [2.45, 2.75) is 6.92 Å². The van der Waals surface area contributed by atoms with Gasteiger partial charge in [-0.1, -0.05) is 18.2 Å². The Morgan fingerprint density at radius 3 is 2.86 bits per heavy atom. The summed E-state index contributed by atoms with van der Waals surface area (Å²) in [4.78, 5) is 0. The van der Waals surface area contributed by atoms with Crippen LogP contribution in [-0.2, 0) is 4.74 Å². The minimum absolute atomic E-state index is 0.598. The highest BCUT2D eigenvalue weighted by atomic mass is 16.5. The van der Waals surface area contributed by atoms with Gasteiger partial charge in [-0.15, -0.1) is 5.10 Å². The Hall–Kier alpha value is -1.97. The monoisotopic (exact) mass is 189 g/mol. The highest BCUT2D eigenvalue weighted by Crippen LogP contribution is 2.15. The number of nitrogens with two attached hydrogens (primary N) is 1. The summed E-state index contributed by atoms with van der Waals surface area (Å²) in [6.45, 7) is 1.78. The van der Waals surface area contributed by atoms with Crippen molar-refractivity contribution in [2.75, 3.05) is 5.73 Å². The van der Waals surface area contributed by atoms with E-state index in [-0.39, 0.29) is 0 Å². The molecule has 3 N–H and O–H groups in total. The summed E-state index contributed by atoms with van der Waals surface area (Å²) in [6, 6.07) is 7.57. The van der Waals surface area contributed by atoms with Crippen LogP contribution in [0.2, 0.25) is 0 Å². The number of rotatable bonds is 1. The second kappa shape index (κ2) is 3.41. The van der Waals surface area contributed by atoms with Crippen molar-refractivity contribution in [1.29, 1.82) is 0 Å². The zero-order valence-electron chi connectivity index (χ0n) is 7.82. The Bertz CT molecular complexity index is 410. The Morgan fingerprint density at radius 2 is 2.21 bits per heavy atom. The molecule has 0 radical (unpaired) electrons. The largest absolute Gasteiger partial charge is 0.424 e. The van der Waals surface area contributed by atoms with Gasteiger partial charge in [-0.3, -0.25) is 0 Å². The van der Waals surface area contributed by atoms with Gasteiger partial charge in [0.1, 0.15) is 0 Å². The summed E-state index contributed by atoms with van der Waals surface area (Å²) in [5, 5.41) is 3.88. The van der Waals surface area contributed by atoms with Crippen molar-refractivity contribution >= 4 is 17.7 Å². The molecular formula is C10H11N3O. The van der Waals surface area contributed by atoms with Crippen molar-refractivity contribution in [3.63, 3.8) is 0 Å². The van der Waals surface area contributed by atoms with Crippen LogP contribution >= 0.6 is 0 Å². The van der Waals surface area contributed by atoms with E-state index >= 15 is 0 Å². The van der Waals surface area contributed by atoms with Gasteiger partial charge in [-0.05, 0) is 6.07 Å². The first kappa shape index (κ1) is 8.62. The summed E-state index contributed by atoms with van der Waals surface area (Å²) >= 11 is 0. The number of hydrazone groups is 1. The van der Waals surface area contributed by atoms with E-state index in [0.29, 0.717) is 11.8 Å². The number of para-hydroxylation sites is 1. The molecular weight excluding hydrogens is 178 g/mol. The molecule has 14 heavy (non-hydrogen) atoms. The number of nitrogens with zero attached hydrogens (tertiary/aromatic N) is 1. The molecule has 0 amide bonds. The quantitative estimate of drug-likeness (QED) is 0.658. The normalized spacial score (nSPS) is 17.5. The first-order chi connectivity index (χ1) is 6.75. The van der Waals surface area contributed by atoms with Crippen LogP contribution in [0.3, 0.4) is 0 Å². The first-order valence-electron chi connectivity index (χ1n) is 4.30. The zero-order chi connectivity index (χ0) is 9.97. The fourth-order valence-electron chi connectivity index (χ4n) is 1.18. The van der Waals surface area contributed by atoms with Gasteiger partial charge in [-0.25, -0.2) is 5.43 Å². The Morgan fingerprint density at radius 1 is 1.43 bits per heavy atom. The average molecular weight is 189 g/mol. The van der Waals surface area contributed by atoms with E-state index in [2.05, 4.69) is 10.5 Å². The van der Waals surface area contributed by atoms with Gasteiger partial charge < -0.3 is 10.5 Å². The molecule has 0 unspecified atom stereocenters. The fraction of sp³-hybridized carbons (Fsp3) is 0.100. The van der Waals surface area contributed by atoms with Crippen LogP contribution in [-0.4, -0.2) is 5.90 Å². The molecule has 0 saturated carbocycles. The summed E-state index contributed by atoms with van der Waals surface area (Å²) in [7, 11) is 0. The van der Waals surface area contributed by atoms with Gasteiger partial charge in [0.15, 0.2) is 0 Å². The van der Waals surface area contributed by atoms with E-state index in [9.17, 15) is 0 Å². The van der Waals surface area contributed by atoms with E-state index in [1.54, 1.807) is 6.92 Å². The fourth-order valence-corrected chi connectivity index (χ4v) is 1.18. The zero-order valence-corrected chi connectivity index (χ0v) is 7.82. The van der Waals surface area contributed by atoms with Crippen LogP contribution in [0.4, 0.5) is 5.69 Å². The van der Waals surface area contributed by atoms with Crippen LogP contribution in [0.15, 0.2) is 35.2 Å². The number of hydrogen-bond donors (Lipinski definition) is 2. The lowest BCUT2D eigenvalue weighted by Crippen LogP contribution is -1.99. The van der Waals surface area contributed by atoms with E-state index in [1.165, 1.54) is 0 Å². The Labute approximate surface area is 82.1 Å². The lowest BCUT2D eigenvalue weighted by molar-refractivity contribution is 0.419. The highest BCUT2D eigenvalue weighted by molar-refractivity contribution is 5.77. The molecule has 1 aromatic rings. The van der Waals surface area contributed by atoms with E-state index < -0.39 is 0 Å². The summed E-state index contributed by atoms with van der Waals surface area (Å²) in [6.07, 6.45) is 1.81. The van der Waals surface area contributed by atoms with Gasteiger partial charge >= 0.3 is 0 Å². The van der Waals surface area contributed by atoms with E-state index in [4.69, 9.17) is 10.5 Å². The smallest absolute Gasteiger partial charge is 0.216 e. The lowest BCUT2D eigenvalue weighted by Gasteiger charge is -2.01. The van der Waals surface area contributed by atoms with Gasteiger partial charge in [-0.2, -0.15) is 0 Å². The standard InChI is InChI=1S/C10H11N3O/c1-7-12-13-10(14-7)6-8-4-2-3-5-9(8)11/h2-6,13H,11H2,1H3/b10-6+. The maximum absolute atomic E-state index is 5.77. The third-order valence-corrected chi connectivity index (χ3v) is 1.86. The minimum atomic E-state index is 0.598. The predicted molar refractivity (Wildman–Crippen MR) is 56.2 cm³/mol. The summed E-state index contributed by atoms with van der Waals surface area (Å²) in [5.41, 5.74) is 10.2. The van der Waals surface area contributed by atoms with Crippen molar-refractivity contribution in [1.82, 2.24) is 5.43 Å². The van der Waals surface area contributed by atoms with Crippen LogP contribution in [0.1, 0.15) is 12.5 Å². The topological polar surface area (TPSA) is 59.6 Å². The molecule has 1 aromatic carbocycles. The highest BCUT2D eigenvalue weighted by Gasteiger charge is 2.08. The molecule has 0 saturated heterocycles. The summed E-state index contributed by atoms with van der Waals surface area (Å²) < 4.78 is 5.26. The number of nitrogens with one attached hydrogen (secondary N) is 1. The predicted octanol–water partition coefficient (Wildman–Crippen LogP) is 1.52. The molecule has 0 bridgehead atoms. The third-order valence-electron chi connectivity index (χ3n) is 1.86. The van der Waals surface area contributed by atoms with Crippen molar-refractivity contribution in [3.8, 4) is 0 Å². The summed E-state index contributed by atoms with van der Waals surface area (Å²) in [5.74, 6) is 1.20. The van der Waals surface area contributed by atoms with E-state index in [0.717, 1.165) is 11.3 Å². The lowest BCUT2D eigenvalue weighted by atomic mass is 10.2. The Balaban J connectivity index is 2.23. The first-order valence-corrected chi connectivity index (χ1v) is 4.30. The second-order valence-corrected chi connectivity index (χ2v) is 2.98. The average Bonchev–Trinajstić information content (AvgIpc) is 2.56. The molecule has 1 aliphatic rings. The number of ether oxygens (including phenoxy) is 1. The van der Waals surface area contributed by atoms with Gasteiger partial charge in [0.25, 0.3) is 0 Å². The van der Waals surface area contributed by atoms with Gasteiger partial charge in [0.05, 0.1) is 0 Å². The van der Waals surface area contributed by atoms with E-state index in [1.807, 2.05) is 30.3 Å². The molecule has 1 heterocycles. The minimum Gasteiger partial charge on any atom is -0.424 e. The molecule has 72 valence electrons. The van der Waals surface area contributed by atoms with Crippen LogP contribution < -0.4 is 11.2 Å². The second-order valence-electron chi connectivity index (χ2n) is 2.98. The number of anilines is 1. The Kier molecular flexibility index (Phi) is 2.10. The van der Waals surface area contributed by atoms with Gasteiger partial charge in [0.2, 0.25) is 11.8 Å². The molecule has 2 rings (SSSR count). The van der Waals surface area contributed by atoms with Gasteiger partial charge in [0, 0.05) is 24.3 Å². The van der Waals surface area contributed by atoms with Crippen molar-refractivity contribution in [2.24, 2.45) is 5.10 Å². The molecule has 0 fully saturated rings. The maximum atomic E-state index is 5.77. The maximum Gasteiger partial charge on any atom is 0.216 e. The molecule has 0 aliphatic carbocycles. The van der Waals surface area contributed by atoms with Crippen molar-refractivity contribution < 1.29 is 4.74 Å². The van der Waals surface area contributed by atoms with Crippen LogP contribution in [0.25, 0.3) is 6.08 Å². The molecule has 1 aliphatic heterocycles. The molecule has 0 aromatic heterocycles. The third kappa shape index (κ3) is 1.69. The number of hydrogen-bond acceptors (Lipinski definition) is 4. The molecule has 0 atom stereocenters. The van der Waals surface area contributed by atoms with Crippen molar-refractivity contribution in [3.05, 3.63) is 35.7 Å². The SMILES string of the molecule is CC1=NN/C(=C\c2ccccc2N)O1.